The lowest BCUT2D eigenvalue weighted by atomic mass is 9.84. The highest BCUT2D eigenvalue weighted by Crippen LogP contribution is 2.33. The molecule has 250 valence electrons. The van der Waals surface area contributed by atoms with Gasteiger partial charge in [0.15, 0.2) is 5.13 Å². The molecule has 0 spiro atoms. The first-order valence-electron chi connectivity index (χ1n) is 16.2. The van der Waals surface area contributed by atoms with Gasteiger partial charge >= 0.3 is 11.9 Å². The summed E-state index contributed by atoms with van der Waals surface area (Å²) in [4.78, 5) is 28.1. The second kappa shape index (κ2) is 18.2. The number of ether oxygens (including phenoxy) is 1. The van der Waals surface area contributed by atoms with Crippen LogP contribution in [0.2, 0.25) is 0 Å². The molecule has 1 aromatic heterocycles. The van der Waals surface area contributed by atoms with E-state index in [1.54, 1.807) is 23.5 Å². The fourth-order valence-corrected chi connectivity index (χ4v) is 6.31. The van der Waals surface area contributed by atoms with Crippen LogP contribution in [0.3, 0.4) is 0 Å². The van der Waals surface area contributed by atoms with Crippen molar-refractivity contribution in [3.05, 3.63) is 100 Å². The molecule has 1 atom stereocenters. The zero-order valence-electron chi connectivity index (χ0n) is 27.0. The van der Waals surface area contributed by atoms with E-state index in [-0.39, 0.29) is 0 Å². The lowest BCUT2D eigenvalue weighted by Gasteiger charge is -2.22. The number of hydrogen-bond donors (Lipinski definition) is 4. The normalized spacial score (nSPS) is 13.7. The fraction of sp³-hybridized carbons (Fsp3) is 0.378. The molecule has 10 heteroatoms. The quantitative estimate of drug-likeness (QED) is 0.102. The number of thiazole rings is 1. The molecular weight excluding hydrogens is 612 g/mol. The summed E-state index contributed by atoms with van der Waals surface area (Å²) in [6.45, 7) is 1.82. The van der Waals surface area contributed by atoms with Gasteiger partial charge in [0.2, 0.25) is 0 Å². The summed E-state index contributed by atoms with van der Waals surface area (Å²) in [6, 6.07) is 23.3. The maximum Gasteiger partial charge on any atom is 0.335 e. The molecule has 6 N–H and O–H groups in total. The number of carboxylic acid groups (broad SMARTS) is 2. The Morgan fingerprint density at radius 1 is 0.936 bits per heavy atom. The lowest BCUT2D eigenvalue weighted by Crippen LogP contribution is -2.29. The van der Waals surface area contributed by atoms with Crippen LogP contribution in [0.4, 0.5) is 5.13 Å². The van der Waals surface area contributed by atoms with Crippen LogP contribution in [0, 0.1) is 0 Å². The molecule has 1 saturated carbocycles. The van der Waals surface area contributed by atoms with E-state index in [0.29, 0.717) is 31.7 Å². The Balaban J connectivity index is 0.000000434. The number of unbranched alkanes of at least 4 members (excludes halogenated alkanes) is 1. The molecule has 4 aromatic rings. The van der Waals surface area contributed by atoms with E-state index in [1.165, 1.54) is 43.2 Å². The molecule has 1 aliphatic carbocycles. The molecular formula is C37H46N4O5S. The first-order chi connectivity index (χ1) is 22.7. The van der Waals surface area contributed by atoms with Crippen molar-refractivity contribution in [3.8, 4) is 17.0 Å². The maximum atomic E-state index is 11.1. The van der Waals surface area contributed by atoms with E-state index in [0.717, 1.165) is 46.5 Å². The van der Waals surface area contributed by atoms with Gasteiger partial charge in [0.25, 0.3) is 0 Å². The Labute approximate surface area is 281 Å². The van der Waals surface area contributed by atoms with Gasteiger partial charge in [-0.2, -0.15) is 0 Å². The number of hydrogen-bond acceptors (Lipinski definition) is 8. The third-order valence-corrected chi connectivity index (χ3v) is 9.29. The molecule has 9 nitrogen and oxygen atoms in total. The molecule has 1 fully saturated rings. The van der Waals surface area contributed by atoms with Crippen LogP contribution in [0.5, 0.6) is 5.75 Å². The van der Waals surface area contributed by atoms with Gasteiger partial charge in [0.05, 0.1) is 11.3 Å². The Hall–Kier alpha value is -4.25. The number of rotatable bonds is 14. The third kappa shape index (κ3) is 11.2. The van der Waals surface area contributed by atoms with Crippen molar-refractivity contribution < 1.29 is 24.5 Å². The van der Waals surface area contributed by atoms with E-state index in [1.807, 2.05) is 43.4 Å². The minimum absolute atomic E-state index is 0.294. The van der Waals surface area contributed by atoms with Crippen LogP contribution in [-0.2, 0) is 17.9 Å². The van der Waals surface area contributed by atoms with Crippen LogP contribution >= 0.6 is 11.3 Å². The standard InChI is InChI=1S/C31H32N2O3S.C6H14N2O2/c1-33(19-22-7-13-27(14-8-22)30(34)35)31-32-29(21-37-31)26-15-17-28(18-16-26)36-20-23-9-11-25(12-10-23)24-5-3-2-4-6-24;7-4-2-1-3-5(8)6(9)10/h7-18,21,24H,2-6,19-20H2,1H3,(H,34,35);5H,1-4,7-8H2,(H,9,10)/t;5-/m.0/s1. The van der Waals surface area contributed by atoms with Crippen LogP contribution in [-0.4, -0.2) is 46.8 Å². The molecule has 0 amide bonds. The number of aromatic nitrogens is 1. The topological polar surface area (TPSA) is 152 Å². The van der Waals surface area contributed by atoms with Gasteiger partial charge in [-0.3, -0.25) is 4.79 Å². The largest absolute Gasteiger partial charge is 0.489 e. The smallest absolute Gasteiger partial charge is 0.335 e. The van der Waals surface area contributed by atoms with Crippen LogP contribution in [0.25, 0.3) is 11.3 Å². The highest BCUT2D eigenvalue weighted by Gasteiger charge is 2.15. The second-order valence-corrected chi connectivity index (χ2v) is 12.8. The number of nitrogens with two attached hydrogens (primary N) is 2. The van der Waals surface area contributed by atoms with Crippen molar-refractivity contribution in [2.24, 2.45) is 11.5 Å². The predicted octanol–water partition coefficient (Wildman–Crippen LogP) is 7.30. The fourth-order valence-electron chi connectivity index (χ4n) is 5.51. The summed E-state index contributed by atoms with van der Waals surface area (Å²) in [5.41, 5.74) is 16.4. The van der Waals surface area contributed by atoms with Crippen molar-refractivity contribution in [2.75, 3.05) is 18.5 Å². The highest BCUT2D eigenvalue weighted by atomic mass is 32.1. The zero-order valence-corrected chi connectivity index (χ0v) is 27.8. The zero-order chi connectivity index (χ0) is 33.6. The van der Waals surface area contributed by atoms with Crippen LogP contribution in [0.15, 0.2) is 78.2 Å². The summed E-state index contributed by atoms with van der Waals surface area (Å²) in [5, 5.41) is 20.4. The Bertz CT molecular complexity index is 1530. The van der Waals surface area contributed by atoms with Gasteiger partial charge in [-0.1, -0.05) is 62.1 Å². The Kier molecular flexibility index (Phi) is 13.8. The molecule has 0 saturated heterocycles. The summed E-state index contributed by atoms with van der Waals surface area (Å²) in [6.07, 6.45) is 8.90. The van der Waals surface area contributed by atoms with Gasteiger partial charge in [-0.15, -0.1) is 11.3 Å². The number of anilines is 1. The number of nitrogens with zero attached hydrogens (tertiary/aromatic N) is 2. The summed E-state index contributed by atoms with van der Waals surface area (Å²) in [5.74, 6) is -0.272. The Morgan fingerprint density at radius 2 is 1.60 bits per heavy atom. The van der Waals surface area contributed by atoms with E-state index in [4.69, 9.17) is 31.4 Å². The molecule has 3 aromatic carbocycles. The molecule has 1 heterocycles. The average Bonchev–Trinajstić information content (AvgIpc) is 3.60. The van der Waals surface area contributed by atoms with E-state index >= 15 is 0 Å². The molecule has 0 bridgehead atoms. The van der Waals surface area contributed by atoms with Crippen molar-refractivity contribution in [1.29, 1.82) is 0 Å². The number of carbonyl (C=O) groups is 2. The number of aromatic carboxylic acids is 1. The van der Waals surface area contributed by atoms with Crippen LogP contribution < -0.4 is 21.1 Å². The lowest BCUT2D eigenvalue weighted by molar-refractivity contribution is -0.138. The van der Waals surface area contributed by atoms with E-state index in [9.17, 15) is 9.59 Å². The molecule has 0 radical (unpaired) electrons. The molecule has 0 unspecified atom stereocenters. The average molecular weight is 659 g/mol. The van der Waals surface area contributed by atoms with Gasteiger partial charge in [-0.05, 0) is 91.2 Å². The van der Waals surface area contributed by atoms with Crippen molar-refractivity contribution in [3.63, 3.8) is 0 Å². The molecule has 5 rings (SSSR count). The molecule has 1 aliphatic rings. The number of benzene rings is 3. The van der Waals surface area contributed by atoms with Gasteiger partial charge in [0.1, 0.15) is 18.4 Å². The van der Waals surface area contributed by atoms with Crippen molar-refractivity contribution in [2.45, 2.75) is 76.5 Å². The maximum absolute atomic E-state index is 11.1. The third-order valence-electron chi connectivity index (χ3n) is 8.34. The summed E-state index contributed by atoms with van der Waals surface area (Å²) < 4.78 is 6.04. The first-order valence-corrected chi connectivity index (χ1v) is 17.1. The highest BCUT2D eigenvalue weighted by molar-refractivity contribution is 7.14. The predicted molar refractivity (Wildman–Crippen MR) is 188 cm³/mol. The monoisotopic (exact) mass is 658 g/mol. The van der Waals surface area contributed by atoms with Crippen LogP contribution in [0.1, 0.15) is 84.3 Å². The summed E-state index contributed by atoms with van der Waals surface area (Å²) in [7, 11) is 1.99. The minimum Gasteiger partial charge on any atom is -0.489 e. The van der Waals surface area contributed by atoms with Gasteiger partial charge in [0, 0.05) is 24.5 Å². The van der Waals surface area contributed by atoms with Gasteiger partial charge in [-0.25, -0.2) is 9.78 Å². The Morgan fingerprint density at radius 3 is 2.21 bits per heavy atom. The van der Waals surface area contributed by atoms with E-state index in [2.05, 4.69) is 34.5 Å². The van der Waals surface area contributed by atoms with Gasteiger partial charge < -0.3 is 31.3 Å². The van der Waals surface area contributed by atoms with E-state index < -0.39 is 18.0 Å². The number of carboxylic acids is 2. The SMILES string of the molecule is CN(Cc1ccc(C(=O)O)cc1)c1nc(-c2ccc(OCc3ccc(C4CCCCC4)cc3)cc2)cs1.NCCCC[C@H](N)C(=O)O. The molecule has 0 aliphatic heterocycles. The summed E-state index contributed by atoms with van der Waals surface area (Å²) >= 11 is 1.59. The first kappa shape index (κ1) is 35.6. The van der Waals surface area contributed by atoms with Crippen molar-refractivity contribution in [1.82, 2.24) is 4.98 Å². The number of aliphatic carboxylic acids is 1. The van der Waals surface area contributed by atoms with Crippen molar-refractivity contribution >= 4 is 28.4 Å². The molecule has 47 heavy (non-hydrogen) atoms. The minimum atomic E-state index is -0.933. The second-order valence-electron chi connectivity index (χ2n) is 12.0.